The zero-order valence-corrected chi connectivity index (χ0v) is 13.2. The first-order valence-electron chi connectivity index (χ1n) is 6.93. The van der Waals surface area contributed by atoms with Crippen LogP contribution < -0.4 is 5.32 Å². The third-order valence-electron chi connectivity index (χ3n) is 4.04. The monoisotopic (exact) mass is 345 g/mol. The minimum atomic E-state index is -0.210. The van der Waals surface area contributed by atoms with Gasteiger partial charge in [0.2, 0.25) is 0 Å². The summed E-state index contributed by atoms with van der Waals surface area (Å²) in [5, 5.41) is 12.6. The second-order valence-corrected chi connectivity index (χ2v) is 6.46. The highest BCUT2D eigenvalue weighted by molar-refractivity contribution is 9.10. The molecule has 2 atom stereocenters. The Morgan fingerprint density at radius 2 is 2.35 bits per heavy atom. The first-order chi connectivity index (χ1) is 9.56. The van der Waals surface area contributed by atoms with Gasteiger partial charge in [0.25, 0.3) is 0 Å². The molecule has 20 heavy (non-hydrogen) atoms. The van der Waals surface area contributed by atoms with Crippen LogP contribution in [0.4, 0.5) is 4.39 Å². The van der Waals surface area contributed by atoms with Crippen LogP contribution in [0.5, 0.6) is 0 Å². The second-order valence-electron chi connectivity index (χ2n) is 5.54. The summed E-state index contributed by atoms with van der Waals surface area (Å²) in [6.07, 6.45) is 1.66. The smallest absolute Gasteiger partial charge is 0.129 e. The largest absolute Gasteiger partial charge is 0.396 e. The summed E-state index contributed by atoms with van der Waals surface area (Å²) < 4.78 is 20.1. The topological polar surface area (TPSA) is 41.5 Å². The van der Waals surface area contributed by atoms with Crippen molar-refractivity contribution < 1.29 is 14.2 Å². The zero-order valence-electron chi connectivity index (χ0n) is 11.7. The molecule has 0 aliphatic carbocycles. The average molecular weight is 346 g/mol. The maximum absolute atomic E-state index is 13.9. The van der Waals surface area contributed by atoms with Crippen molar-refractivity contribution in [3.05, 3.63) is 34.1 Å². The fourth-order valence-corrected chi connectivity index (χ4v) is 2.98. The Kier molecular flexibility index (Phi) is 5.55. The number of ether oxygens (including phenoxy) is 1. The molecule has 1 saturated heterocycles. The van der Waals surface area contributed by atoms with E-state index >= 15 is 0 Å². The molecule has 1 aromatic rings. The molecule has 5 heteroatoms. The lowest BCUT2D eigenvalue weighted by molar-refractivity contribution is 0.122. The molecule has 0 spiro atoms. The van der Waals surface area contributed by atoms with Gasteiger partial charge in [0.15, 0.2) is 0 Å². The fraction of sp³-hybridized carbons (Fsp3) is 0.600. The molecule has 0 saturated carbocycles. The molecule has 0 aromatic heterocycles. The van der Waals surface area contributed by atoms with E-state index in [1.54, 1.807) is 6.07 Å². The van der Waals surface area contributed by atoms with Crippen LogP contribution in [0.1, 0.15) is 31.4 Å². The Morgan fingerprint density at radius 1 is 1.55 bits per heavy atom. The van der Waals surface area contributed by atoms with E-state index in [4.69, 9.17) is 4.74 Å². The van der Waals surface area contributed by atoms with Gasteiger partial charge in [-0.25, -0.2) is 4.39 Å². The van der Waals surface area contributed by atoms with Crippen LogP contribution in [-0.4, -0.2) is 31.5 Å². The minimum Gasteiger partial charge on any atom is -0.396 e. The number of aliphatic hydroxyl groups excluding tert-OH is 1. The Labute approximate surface area is 127 Å². The number of rotatable bonds is 6. The van der Waals surface area contributed by atoms with Crippen LogP contribution in [-0.2, 0) is 4.74 Å². The number of hydrogen-bond donors (Lipinski definition) is 2. The van der Waals surface area contributed by atoms with Crippen LogP contribution in [0, 0.1) is 11.2 Å². The molecular formula is C15H21BrFNO2. The standard InChI is InChI=1S/C15H21BrFNO2/c1-11(13-3-2-12(16)8-14(13)17)18-9-15(4-6-19)5-7-20-10-15/h2-3,8,11,18-19H,4-7,9-10H2,1H3/t11-,15+/m0/s1. The molecule has 0 bridgehead atoms. The van der Waals surface area contributed by atoms with E-state index in [-0.39, 0.29) is 23.9 Å². The molecule has 0 amide bonds. The van der Waals surface area contributed by atoms with E-state index in [0.717, 1.165) is 30.5 Å². The summed E-state index contributed by atoms with van der Waals surface area (Å²) in [7, 11) is 0. The van der Waals surface area contributed by atoms with Crippen molar-refractivity contribution >= 4 is 15.9 Å². The van der Waals surface area contributed by atoms with Crippen LogP contribution >= 0.6 is 15.9 Å². The van der Waals surface area contributed by atoms with Gasteiger partial charge in [-0.05, 0) is 31.9 Å². The SMILES string of the molecule is C[C@H](NC[C@@]1(CCO)CCOC1)c1ccc(Br)cc1F. The lowest BCUT2D eigenvalue weighted by Crippen LogP contribution is -2.37. The molecule has 1 aliphatic rings. The van der Waals surface area contributed by atoms with E-state index < -0.39 is 0 Å². The third kappa shape index (κ3) is 3.79. The van der Waals surface area contributed by atoms with Gasteiger partial charge in [-0.2, -0.15) is 0 Å². The van der Waals surface area contributed by atoms with Gasteiger partial charge in [-0.1, -0.05) is 22.0 Å². The lowest BCUT2D eigenvalue weighted by atomic mass is 9.83. The lowest BCUT2D eigenvalue weighted by Gasteiger charge is -2.29. The van der Waals surface area contributed by atoms with Crippen molar-refractivity contribution in [1.29, 1.82) is 0 Å². The summed E-state index contributed by atoms with van der Waals surface area (Å²) in [6.45, 7) is 4.24. The first-order valence-corrected chi connectivity index (χ1v) is 7.73. The molecule has 0 radical (unpaired) electrons. The predicted octanol–water partition coefficient (Wildman–Crippen LogP) is 3.03. The Bertz CT molecular complexity index is 449. The Morgan fingerprint density at radius 3 is 2.95 bits per heavy atom. The van der Waals surface area contributed by atoms with Crippen LogP contribution in [0.2, 0.25) is 0 Å². The van der Waals surface area contributed by atoms with E-state index in [9.17, 15) is 9.50 Å². The summed E-state index contributed by atoms with van der Waals surface area (Å²) in [6, 6.07) is 5.05. The molecule has 112 valence electrons. The quantitative estimate of drug-likeness (QED) is 0.832. The van der Waals surface area contributed by atoms with Crippen molar-refractivity contribution in [2.24, 2.45) is 5.41 Å². The first kappa shape index (κ1) is 15.9. The van der Waals surface area contributed by atoms with E-state index in [2.05, 4.69) is 21.2 Å². The fourth-order valence-electron chi connectivity index (χ4n) is 2.64. The number of nitrogens with one attached hydrogen (secondary N) is 1. The Hall–Kier alpha value is -0.490. The van der Waals surface area contributed by atoms with E-state index in [1.165, 1.54) is 6.07 Å². The van der Waals surface area contributed by atoms with Gasteiger partial charge in [-0.15, -0.1) is 0 Å². The molecule has 2 N–H and O–H groups in total. The van der Waals surface area contributed by atoms with Crippen LogP contribution in [0.3, 0.4) is 0 Å². The van der Waals surface area contributed by atoms with Crippen LogP contribution in [0.15, 0.2) is 22.7 Å². The highest BCUT2D eigenvalue weighted by Gasteiger charge is 2.34. The van der Waals surface area contributed by atoms with Crippen molar-refractivity contribution in [1.82, 2.24) is 5.32 Å². The van der Waals surface area contributed by atoms with Crippen molar-refractivity contribution in [3.63, 3.8) is 0 Å². The Balaban J connectivity index is 1.98. The summed E-state index contributed by atoms with van der Waals surface area (Å²) >= 11 is 3.26. The molecule has 1 fully saturated rings. The van der Waals surface area contributed by atoms with E-state index in [0.29, 0.717) is 12.2 Å². The molecule has 3 nitrogen and oxygen atoms in total. The molecule has 0 unspecified atom stereocenters. The summed E-state index contributed by atoms with van der Waals surface area (Å²) in [4.78, 5) is 0. The zero-order chi connectivity index (χ0) is 14.6. The van der Waals surface area contributed by atoms with Gasteiger partial charge in [-0.3, -0.25) is 0 Å². The number of hydrogen-bond acceptors (Lipinski definition) is 3. The van der Waals surface area contributed by atoms with Gasteiger partial charge in [0, 0.05) is 41.3 Å². The minimum absolute atomic E-state index is 0.0190. The van der Waals surface area contributed by atoms with Crippen molar-refractivity contribution in [2.45, 2.75) is 25.8 Å². The predicted molar refractivity (Wildman–Crippen MR) is 80.1 cm³/mol. The number of aliphatic hydroxyl groups is 1. The molecule has 1 aliphatic heterocycles. The molecule has 1 aromatic carbocycles. The summed E-state index contributed by atoms with van der Waals surface area (Å²) in [5.74, 6) is -0.210. The molecule has 2 rings (SSSR count). The van der Waals surface area contributed by atoms with Crippen molar-refractivity contribution in [2.75, 3.05) is 26.4 Å². The van der Waals surface area contributed by atoms with Gasteiger partial charge < -0.3 is 15.2 Å². The highest BCUT2D eigenvalue weighted by Crippen LogP contribution is 2.32. The maximum Gasteiger partial charge on any atom is 0.129 e. The summed E-state index contributed by atoms with van der Waals surface area (Å²) in [5.41, 5.74) is 0.640. The van der Waals surface area contributed by atoms with Gasteiger partial charge in [0.05, 0.1) is 6.61 Å². The normalized spacial score (nSPS) is 24.0. The van der Waals surface area contributed by atoms with Gasteiger partial charge in [0.1, 0.15) is 5.82 Å². The van der Waals surface area contributed by atoms with E-state index in [1.807, 2.05) is 13.0 Å². The number of halogens is 2. The molecule has 1 heterocycles. The third-order valence-corrected chi connectivity index (χ3v) is 4.53. The second kappa shape index (κ2) is 6.98. The average Bonchev–Trinajstić information content (AvgIpc) is 2.85. The number of benzene rings is 1. The molecular weight excluding hydrogens is 325 g/mol. The van der Waals surface area contributed by atoms with Gasteiger partial charge >= 0.3 is 0 Å². The maximum atomic E-state index is 13.9. The van der Waals surface area contributed by atoms with Crippen LogP contribution in [0.25, 0.3) is 0 Å². The highest BCUT2D eigenvalue weighted by atomic mass is 79.9. The van der Waals surface area contributed by atoms with Crippen molar-refractivity contribution in [3.8, 4) is 0 Å².